The Morgan fingerprint density at radius 3 is 2.36 bits per heavy atom. The van der Waals surface area contributed by atoms with E-state index in [1.807, 2.05) is 0 Å². The predicted molar refractivity (Wildman–Crippen MR) is 90.5 cm³/mol. The fourth-order valence-corrected chi connectivity index (χ4v) is 2.55. The van der Waals surface area contributed by atoms with Crippen molar-refractivity contribution < 1.29 is 28.2 Å². The molecule has 6 nitrogen and oxygen atoms in total. The topological polar surface area (TPSA) is 75.0 Å². The van der Waals surface area contributed by atoms with E-state index in [0.29, 0.717) is 39.3 Å². The molecule has 0 bridgehead atoms. The van der Waals surface area contributed by atoms with Crippen LogP contribution in [-0.2, 0) is 4.79 Å². The molecule has 0 aliphatic heterocycles. The van der Waals surface area contributed by atoms with Crippen molar-refractivity contribution in [3.63, 3.8) is 0 Å². The van der Waals surface area contributed by atoms with Crippen LogP contribution < -0.4 is 14.2 Å². The van der Waals surface area contributed by atoms with E-state index in [1.165, 1.54) is 27.4 Å². The molecule has 1 aromatic heterocycles. The first-order valence-corrected chi connectivity index (χ1v) is 7.50. The predicted octanol–water partition coefficient (Wildman–Crippen LogP) is 3.61. The van der Waals surface area contributed by atoms with Crippen molar-refractivity contribution in [3.05, 3.63) is 53.8 Å². The summed E-state index contributed by atoms with van der Waals surface area (Å²) in [5.74, 6) is 0.585. The van der Waals surface area contributed by atoms with Crippen LogP contribution in [0.4, 0.5) is 0 Å². The van der Waals surface area contributed by atoms with E-state index < -0.39 is 5.97 Å². The van der Waals surface area contributed by atoms with Gasteiger partial charge in [-0.25, -0.2) is 0 Å². The van der Waals surface area contributed by atoms with E-state index >= 15 is 0 Å². The minimum absolute atomic E-state index is 0.283. The van der Waals surface area contributed by atoms with Gasteiger partial charge in [-0.2, -0.15) is 0 Å². The molecule has 6 heteroatoms. The number of esters is 1. The monoisotopic (exact) mass is 340 g/mol. The third-order valence-electron chi connectivity index (χ3n) is 3.70. The van der Waals surface area contributed by atoms with Gasteiger partial charge in [0.2, 0.25) is 5.78 Å². The van der Waals surface area contributed by atoms with Gasteiger partial charge in [-0.15, -0.1) is 0 Å². The number of hydrogen-bond acceptors (Lipinski definition) is 6. The molecular weight excluding hydrogens is 324 g/mol. The van der Waals surface area contributed by atoms with Gasteiger partial charge in [-0.05, 0) is 36.4 Å². The molecule has 0 amide bonds. The maximum atomic E-state index is 13.0. The highest BCUT2D eigenvalue weighted by Crippen LogP contribution is 2.31. The number of methoxy groups -OCH3 is 2. The lowest BCUT2D eigenvalue weighted by atomic mass is 10.0. The van der Waals surface area contributed by atoms with Crippen LogP contribution in [0.15, 0.2) is 47.1 Å². The van der Waals surface area contributed by atoms with Crippen molar-refractivity contribution in [1.29, 1.82) is 0 Å². The highest BCUT2D eigenvalue weighted by Gasteiger charge is 2.20. The van der Waals surface area contributed by atoms with Crippen LogP contribution in [0.25, 0.3) is 11.0 Å². The lowest BCUT2D eigenvalue weighted by Gasteiger charge is -2.09. The second kappa shape index (κ2) is 6.68. The Morgan fingerprint density at radius 1 is 0.920 bits per heavy atom. The van der Waals surface area contributed by atoms with E-state index in [4.69, 9.17) is 18.6 Å². The summed E-state index contributed by atoms with van der Waals surface area (Å²) in [6.07, 6.45) is 1.38. The quantitative estimate of drug-likeness (QED) is 0.401. The number of rotatable bonds is 5. The first-order valence-electron chi connectivity index (χ1n) is 7.50. The standard InChI is InChI=1S/C19H16O6/c1-11(20)25-13-5-7-18-14(9-13)16(10-24-18)19(21)15-8-12(22-2)4-6-17(15)23-3/h4-10H,1-3H3. The molecule has 1 heterocycles. The van der Waals surface area contributed by atoms with E-state index in [9.17, 15) is 9.59 Å². The van der Waals surface area contributed by atoms with Gasteiger partial charge in [0, 0.05) is 12.3 Å². The second-order valence-corrected chi connectivity index (χ2v) is 5.30. The van der Waals surface area contributed by atoms with Gasteiger partial charge in [0.05, 0.1) is 25.3 Å². The van der Waals surface area contributed by atoms with E-state index in [1.54, 1.807) is 36.4 Å². The molecule has 0 unspecified atom stereocenters. The second-order valence-electron chi connectivity index (χ2n) is 5.30. The molecule has 0 aliphatic rings. The molecule has 0 aliphatic carbocycles. The maximum absolute atomic E-state index is 13.0. The van der Waals surface area contributed by atoms with Crippen LogP contribution in [0, 0.1) is 0 Å². The summed E-state index contributed by atoms with van der Waals surface area (Å²) in [4.78, 5) is 24.1. The number of ketones is 1. The summed E-state index contributed by atoms with van der Waals surface area (Å²) in [6.45, 7) is 1.31. The lowest BCUT2D eigenvalue weighted by molar-refractivity contribution is -0.131. The van der Waals surface area contributed by atoms with Crippen LogP contribution in [0.5, 0.6) is 17.2 Å². The molecular formula is C19H16O6. The van der Waals surface area contributed by atoms with Crippen molar-refractivity contribution in [2.45, 2.75) is 6.92 Å². The molecule has 0 saturated heterocycles. The Labute approximate surface area is 143 Å². The molecule has 0 fully saturated rings. The smallest absolute Gasteiger partial charge is 0.308 e. The minimum atomic E-state index is -0.440. The highest BCUT2D eigenvalue weighted by molar-refractivity contribution is 6.17. The largest absolute Gasteiger partial charge is 0.497 e. The Bertz CT molecular complexity index is 954. The summed E-state index contributed by atoms with van der Waals surface area (Å²) < 4.78 is 21.0. The lowest BCUT2D eigenvalue weighted by Crippen LogP contribution is -2.04. The van der Waals surface area contributed by atoms with Crippen LogP contribution in [0.1, 0.15) is 22.8 Å². The van der Waals surface area contributed by atoms with Crippen LogP contribution in [-0.4, -0.2) is 26.0 Å². The highest BCUT2D eigenvalue weighted by atomic mass is 16.5. The van der Waals surface area contributed by atoms with Crippen molar-refractivity contribution in [1.82, 2.24) is 0 Å². The summed E-state index contributed by atoms with van der Waals surface area (Å²) in [6, 6.07) is 9.83. The van der Waals surface area contributed by atoms with Crippen LogP contribution in [0.3, 0.4) is 0 Å². The van der Waals surface area contributed by atoms with Crippen molar-refractivity contribution in [3.8, 4) is 17.2 Å². The minimum Gasteiger partial charge on any atom is -0.497 e. The molecule has 2 aromatic carbocycles. The van der Waals surface area contributed by atoms with E-state index in [-0.39, 0.29) is 5.78 Å². The number of ether oxygens (including phenoxy) is 3. The average Bonchev–Trinajstić information content (AvgIpc) is 3.03. The summed E-state index contributed by atoms with van der Waals surface area (Å²) in [5, 5.41) is 0.550. The van der Waals surface area contributed by atoms with Gasteiger partial charge >= 0.3 is 5.97 Å². The Kier molecular flexibility index (Phi) is 4.43. The third kappa shape index (κ3) is 3.19. The Balaban J connectivity index is 2.09. The van der Waals surface area contributed by atoms with Crippen molar-refractivity contribution in [2.75, 3.05) is 14.2 Å². The zero-order chi connectivity index (χ0) is 18.0. The molecule has 25 heavy (non-hydrogen) atoms. The Morgan fingerprint density at radius 2 is 1.68 bits per heavy atom. The molecule has 0 atom stereocenters. The summed E-state index contributed by atoms with van der Waals surface area (Å²) >= 11 is 0. The number of carbonyl (C=O) groups is 2. The van der Waals surface area contributed by atoms with Gasteiger partial charge in [0.1, 0.15) is 29.1 Å². The van der Waals surface area contributed by atoms with Crippen LogP contribution >= 0.6 is 0 Å². The van der Waals surface area contributed by atoms with Gasteiger partial charge in [0.15, 0.2) is 0 Å². The molecule has 0 spiro atoms. The number of fused-ring (bicyclic) bond motifs is 1. The van der Waals surface area contributed by atoms with Crippen molar-refractivity contribution >= 4 is 22.7 Å². The molecule has 3 rings (SSSR count). The first-order chi connectivity index (χ1) is 12.0. The molecule has 0 saturated carbocycles. The molecule has 3 aromatic rings. The van der Waals surface area contributed by atoms with Gasteiger partial charge < -0.3 is 18.6 Å². The average molecular weight is 340 g/mol. The Hall–Kier alpha value is -3.28. The molecule has 128 valence electrons. The number of benzene rings is 2. The van der Waals surface area contributed by atoms with Gasteiger partial charge in [0.25, 0.3) is 0 Å². The number of hydrogen-bond donors (Lipinski definition) is 0. The molecule has 0 N–H and O–H groups in total. The van der Waals surface area contributed by atoms with E-state index in [2.05, 4.69) is 0 Å². The van der Waals surface area contributed by atoms with Gasteiger partial charge in [-0.3, -0.25) is 9.59 Å². The summed E-state index contributed by atoms with van der Waals surface area (Å²) in [7, 11) is 3.01. The summed E-state index contributed by atoms with van der Waals surface area (Å²) in [5.41, 5.74) is 1.21. The maximum Gasteiger partial charge on any atom is 0.308 e. The molecule has 0 radical (unpaired) electrons. The fourth-order valence-electron chi connectivity index (χ4n) is 2.55. The normalized spacial score (nSPS) is 10.5. The van der Waals surface area contributed by atoms with Crippen molar-refractivity contribution in [2.24, 2.45) is 0 Å². The number of furan rings is 1. The zero-order valence-corrected chi connectivity index (χ0v) is 14.0. The first kappa shape index (κ1) is 16.6. The SMILES string of the molecule is COc1ccc(OC)c(C(=O)c2coc3ccc(OC(C)=O)cc23)c1. The fraction of sp³-hybridized carbons (Fsp3) is 0.158. The third-order valence-corrected chi connectivity index (χ3v) is 3.70. The van der Waals surface area contributed by atoms with Gasteiger partial charge in [-0.1, -0.05) is 0 Å². The van der Waals surface area contributed by atoms with Crippen LogP contribution in [0.2, 0.25) is 0 Å². The number of carbonyl (C=O) groups excluding carboxylic acids is 2. The zero-order valence-electron chi connectivity index (χ0n) is 14.0. The van der Waals surface area contributed by atoms with E-state index in [0.717, 1.165) is 0 Å².